The number of benzene rings is 1. The van der Waals surface area contributed by atoms with Crippen LogP contribution in [0.4, 0.5) is 0 Å². The topological polar surface area (TPSA) is 17.1 Å². The van der Waals surface area contributed by atoms with Crippen molar-refractivity contribution in [3.63, 3.8) is 0 Å². The molecule has 0 fully saturated rings. The van der Waals surface area contributed by atoms with Crippen molar-refractivity contribution in [1.82, 2.24) is 0 Å². The van der Waals surface area contributed by atoms with Crippen molar-refractivity contribution >= 4 is 21.7 Å². The third-order valence-electron chi connectivity index (χ3n) is 2.45. The van der Waals surface area contributed by atoms with Crippen LogP contribution in [0.5, 0.6) is 0 Å². The van der Waals surface area contributed by atoms with Gasteiger partial charge in [-0.3, -0.25) is 4.79 Å². The summed E-state index contributed by atoms with van der Waals surface area (Å²) in [6.45, 7) is 4.03. The van der Waals surface area contributed by atoms with E-state index in [2.05, 4.69) is 15.9 Å². The lowest BCUT2D eigenvalue weighted by Crippen LogP contribution is -2.12. The highest BCUT2D eigenvalue weighted by atomic mass is 79.9. The lowest BCUT2D eigenvalue weighted by atomic mass is 9.98. The zero-order valence-electron chi connectivity index (χ0n) is 8.59. The lowest BCUT2D eigenvalue weighted by molar-refractivity contribution is -0.121. The van der Waals surface area contributed by atoms with Crippen molar-refractivity contribution in [2.24, 2.45) is 5.92 Å². The number of carbonyl (C=O) groups excluding carboxylic acids is 1. The predicted octanol–water partition coefficient (Wildman–Crippen LogP) is 3.61. The third kappa shape index (κ3) is 3.26. The molecule has 0 spiro atoms. The van der Waals surface area contributed by atoms with E-state index in [-0.39, 0.29) is 5.92 Å². The van der Waals surface area contributed by atoms with Gasteiger partial charge in [0.2, 0.25) is 0 Å². The highest BCUT2D eigenvalue weighted by Gasteiger charge is 2.10. The molecule has 1 unspecified atom stereocenters. The second-order valence-corrected chi connectivity index (χ2v) is 4.49. The molecule has 0 saturated carbocycles. The van der Waals surface area contributed by atoms with Crippen LogP contribution >= 0.6 is 15.9 Å². The van der Waals surface area contributed by atoms with Gasteiger partial charge < -0.3 is 0 Å². The van der Waals surface area contributed by atoms with E-state index in [1.54, 1.807) is 0 Å². The average Bonchev–Trinajstić information content (AvgIpc) is 2.20. The number of hydrogen-bond acceptors (Lipinski definition) is 1. The molecule has 1 nitrogen and oxygen atoms in total. The Morgan fingerprint density at radius 1 is 1.36 bits per heavy atom. The molecule has 0 aliphatic heterocycles. The minimum atomic E-state index is 0.179. The molecular formula is C12H15BrO. The summed E-state index contributed by atoms with van der Waals surface area (Å²) in [5.41, 5.74) is 1.10. The summed E-state index contributed by atoms with van der Waals surface area (Å²) in [7, 11) is 0. The van der Waals surface area contributed by atoms with Crippen LogP contribution in [-0.4, -0.2) is 5.78 Å². The molecule has 76 valence electrons. The lowest BCUT2D eigenvalue weighted by Gasteiger charge is -2.06. The maximum atomic E-state index is 11.6. The van der Waals surface area contributed by atoms with Gasteiger partial charge in [0, 0.05) is 16.8 Å². The van der Waals surface area contributed by atoms with Crippen LogP contribution in [0, 0.1) is 5.92 Å². The Kier molecular flexibility index (Phi) is 4.33. The third-order valence-corrected chi connectivity index (χ3v) is 2.98. The fourth-order valence-corrected chi connectivity index (χ4v) is 1.47. The summed E-state index contributed by atoms with van der Waals surface area (Å²) >= 11 is 3.37. The van der Waals surface area contributed by atoms with Gasteiger partial charge >= 0.3 is 0 Å². The van der Waals surface area contributed by atoms with E-state index in [1.165, 1.54) is 0 Å². The van der Waals surface area contributed by atoms with E-state index < -0.39 is 0 Å². The maximum absolute atomic E-state index is 11.6. The minimum absolute atomic E-state index is 0.179. The van der Waals surface area contributed by atoms with Gasteiger partial charge in [-0.15, -0.1) is 0 Å². The molecule has 14 heavy (non-hydrogen) atoms. The summed E-state index contributed by atoms with van der Waals surface area (Å²) in [6, 6.07) is 7.92. The number of carbonyl (C=O) groups is 1. The predicted molar refractivity (Wildman–Crippen MR) is 62.3 cm³/mol. The largest absolute Gasteiger partial charge is 0.299 e. The van der Waals surface area contributed by atoms with Gasteiger partial charge in [-0.2, -0.15) is 0 Å². The van der Waals surface area contributed by atoms with Crippen molar-refractivity contribution in [2.75, 3.05) is 0 Å². The van der Waals surface area contributed by atoms with Gasteiger partial charge in [-0.25, -0.2) is 0 Å². The molecule has 0 aliphatic rings. The van der Waals surface area contributed by atoms with E-state index in [4.69, 9.17) is 0 Å². The highest BCUT2D eigenvalue weighted by molar-refractivity contribution is 9.10. The second-order valence-electron chi connectivity index (χ2n) is 3.58. The first-order chi connectivity index (χ1) is 6.63. The SMILES string of the molecule is CCC(C)C(=O)Cc1ccc(Br)cc1. The van der Waals surface area contributed by atoms with Crippen molar-refractivity contribution in [3.05, 3.63) is 34.3 Å². The monoisotopic (exact) mass is 254 g/mol. The van der Waals surface area contributed by atoms with Crippen LogP contribution in [-0.2, 0) is 11.2 Å². The number of hydrogen-bond donors (Lipinski definition) is 0. The fraction of sp³-hybridized carbons (Fsp3) is 0.417. The molecule has 1 rings (SSSR count). The zero-order valence-corrected chi connectivity index (χ0v) is 10.2. The Balaban J connectivity index is 2.60. The first-order valence-corrected chi connectivity index (χ1v) is 5.70. The van der Waals surface area contributed by atoms with Gasteiger partial charge in [-0.1, -0.05) is 41.9 Å². The molecule has 2 heteroatoms. The standard InChI is InChI=1S/C12H15BrO/c1-3-9(2)12(14)8-10-4-6-11(13)7-5-10/h4-7,9H,3,8H2,1-2H3. The Morgan fingerprint density at radius 3 is 2.43 bits per heavy atom. The number of halogens is 1. The van der Waals surface area contributed by atoms with Gasteiger partial charge in [-0.05, 0) is 24.1 Å². The molecule has 0 bridgehead atoms. The van der Waals surface area contributed by atoms with Crippen LogP contribution < -0.4 is 0 Å². The average molecular weight is 255 g/mol. The molecule has 0 aromatic heterocycles. The first kappa shape index (κ1) is 11.4. The van der Waals surface area contributed by atoms with E-state index in [0.29, 0.717) is 12.2 Å². The molecule has 0 amide bonds. The van der Waals surface area contributed by atoms with E-state index in [1.807, 2.05) is 38.1 Å². The Hall–Kier alpha value is -0.630. The van der Waals surface area contributed by atoms with Crippen molar-refractivity contribution in [1.29, 1.82) is 0 Å². The van der Waals surface area contributed by atoms with Gasteiger partial charge in [0.25, 0.3) is 0 Å². The van der Waals surface area contributed by atoms with Crippen LogP contribution in [0.2, 0.25) is 0 Å². The Bertz CT molecular complexity index is 303. The fourth-order valence-electron chi connectivity index (χ4n) is 1.21. The maximum Gasteiger partial charge on any atom is 0.140 e. The zero-order chi connectivity index (χ0) is 10.6. The molecule has 0 heterocycles. The second kappa shape index (κ2) is 5.30. The van der Waals surface area contributed by atoms with E-state index >= 15 is 0 Å². The van der Waals surface area contributed by atoms with Crippen molar-refractivity contribution < 1.29 is 4.79 Å². The first-order valence-electron chi connectivity index (χ1n) is 4.90. The summed E-state index contributed by atoms with van der Waals surface area (Å²) in [5, 5.41) is 0. The molecule has 0 N–H and O–H groups in total. The van der Waals surface area contributed by atoms with E-state index in [0.717, 1.165) is 16.5 Å². The van der Waals surface area contributed by atoms with Crippen LogP contribution in [0.25, 0.3) is 0 Å². The molecule has 0 saturated heterocycles. The van der Waals surface area contributed by atoms with E-state index in [9.17, 15) is 4.79 Å². The number of ketones is 1. The highest BCUT2D eigenvalue weighted by Crippen LogP contribution is 2.13. The smallest absolute Gasteiger partial charge is 0.140 e. The normalized spacial score (nSPS) is 12.5. The molecule has 0 aliphatic carbocycles. The molecule has 0 radical (unpaired) electrons. The molecule has 1 aromatic carbocycles. The van der Waals surface area contributed by atoms with Crippen LogP contribution in [0.1, 0.15) is 25.8 Å². The van der Waals surface area contributed by atoms with Crippen LogP contribution in [0.15, 0.2) is 28.7 Å². The minimum Gasteiger partial charge on any atom is -0.299 e. The van der Waals surface area contributed by atoms with Gasteiger partial charge in [0.15, 0.2) is 0 Å². The molecular weight excluding hydrogens is 240 g/mol. The Labute approximate surface area is 93.7 Å². The summed E-state index contributed by atoms with van der Waals surface area (Å²) in [6.07, 6.45) is 1.48. The summed E-state index contributed by atoms with van der Waals surface area (Å²) < 4.78 is 1.05. The Morgan fingerprint density at radius 2 is 1.93 bits per heavy atom. The summed E-state index contributed by atoms with van der Waals surface area (Å²) in [5.74, 6) is 0.508. The molecule has 1 atom stereocenters. The number of Topliss-reactive ketones (excluding diaryl/α,β-unsaturated/α-hetero) is 1. The number of rotatable bonds is 4. The summed E-state index contributed by atoms with van der Waals surface area (Å²) in [4.78, 5) is 11.6. The van der Waals surface area contributed by atoms with Gasteiger partial charge in [0.05, 0.1) is 0 Å². The van der Waals surface area contributed by atoms with Crippen molar-refractivity contribution in [3.8, 4) is 0 Å². The molecule has 1 aromatic rings. The quantitative estimate of drug-likeness (QED) is 0.803. The van der Waals surface area contributed by atoms with Crippen LogP contribution in [0.3, 0.4) is 0 Å². The van der Waals surface area contributed by atoms with Gasteiger partial charge in [0.1, 0.15) is 5.78 Å². The van der Waals surface area contributed by atoms with Crippen molar-refractivity contribution in [2.45, 2.75) is 26.7 Å².